The van der Waals surface area contributed by atoms with Gasteiger partial charge in [0.1, 0.15) is 11.5 Å². The third-order valence-corrected chi connectivity index (χ3v) is 3.52. The Hall–Kier alpha value is -2.74. The number of phenols is 2. The Kier molecular flexibility index (Phi) is 3.61. The highest BCUT2D eigenvalue weighted by molar-refractivity contribution is 5.47. The summed E-state index contributed by atoms with van der Waals surface area (Å²) in [7, 11) is 0. The van der Waals surface area contributed by atoms with Crippen molar-refractivity contribution >= 4 is 0 Å². The molecule has 0 saturated heterocycles. The highest BCUT2D eigenvalue weighted by Gasteiger charge is 2.17. The molecular formula is C19H16O2. The van der Waals surface area contributed by atoms with Crippen LogP contribution in [0.2, 0.25) is 0 Å². The lowest BCUT2D eigenvalue weighted by Gasteiger charge is -2.19. The van der Waals surface area contributed by atoms with E-state index >= 15 is 0 Å². The third-order valence-electron chi connectivity index (χ3n) is 3.52. The molecule has 0 fully saturated rings. The summed E-state index contributed by atoms with van der Waals surface area (Å²) in [6.07, 6.45) is 0. The lowest BCUT2D eigenvalue weighted by atomic mass is 9.85. The van der Waals surface area contributed by atoms with Crippen LogP contribution >= 0.6 is 0 Å². The van der Waals surface area contributed by atoms with Gasteiger partial charge in [0.2, 0.25) is 0 Å². The molecule has 2 heteroatoms. The van der Waals surface area contributed by atoms with Crippen molar-refractivity contribution in [2.24, 2.45) is 0 Å². The highest BCUT2D eigenvalue weighted by atomic mass is 16.3. The second-order valence-corrected chi connectivity index (χ2v) is 5.04. The second-order valence-electron chi connectivity index (χ2n) is 5.04. The van der Waals surface area contributed by atoms with E-state index < -0.39 is 0 Å². The monoisotopic (exact) mass is 276 g/mol. The van der Waals surface area contributed by atoms with Gasteiger partial charge in [-0.2, -0.15) is 0 Å². The van der Waals surface area contributed by atoms with Gasteiger partial charge in [0.25, 0.3) is 0 Å². The standard InChI is InChI=1S/C19H16O2/c20-17-11-16(12-18(21)13-17)19(14-7-3-1-4-8-14)15-9-5-2-6-10-15/h1-13,19-21H. The van der Waals surface area contributed by atoms with E-state index in [0.29, 0.717) is 0 Å². The van der Waals surface area contributed by atoms with Crippen LogP contribution in [0.4, 0.5) is 0 Å². The van der Waals surface area contributed by atoms with Gasteiger partial charge in [0, 0.05) is 12.0 Å². The van der Waals surface area contributed by atoms with Crippen LogP contribution in [0.15, 0.2) is 78.9 Å². The molecular weight excluding hydrogens is 260 g/mol. The van der Waals surface area contributed by atoms with E-state index in [1.165, 1.54) is 6.07 Å². The SMILES string of the molecule is Oc1cc(O)cc(C(c2ccccc2)c2ccccc2)c1. The van der Waals surface area contributed by atoms with Crippen molar-refractivity contribution in [3.8, 4) is 11.5 Å². The molecule has 0 atom stereocenters. The van der Waals surface area contributed by atoms with Gasteiger partial charge >= 0.3 is 0 Å². The molecule has 0 radical (unpaired) electrons. The molecule has 0 aromatic heterocycles. The quantitative estimate of drug-likeness (QED) is 0.701. The van der Waals surface area contributed by atoms with Crippen molar-refractivity contribution in [2.45, 2.75) is 5.92 Å². The Morgan fingerprint density at radius 3 is 1.38 bits per heavy atom. The Morgan fingerprint density at radius 2 is 0.952 bits per heavy atom. The first-order valence-electron chi connectivity index (χ1n) is 6.87. The van der Waals surface area contributed by atoms with E-state index in [0.717, 1.165) is 16.7 Å². The van der Waals surface area contributed by atoms with Gasteiger partial charge in [-0.25, -0.2) is 0 Å². The van der Waals surface area contributed by atoms with Crippen LogP contribution in [-0.2, 0) is 0 Å². The van der Waals surface area contributed by atoms with E-state index in [-0.39, 0.29) is 17.4 Å². The van der Waals surface area contributed by atoms with Crippen LogP contribution in [-0.4, -0.2) is 10.2 Å². The summed E-state index contributed by atoms with van der Waals surface area (Å²) in [5.41, 5.74) is 3.10. The molecule has 21 heavy (non-hydrogen) atoms. The lowest BCUT2D eigenvalue weighted by Crippen LogP contribution is -2.03. The van der Waals surface area contributed by atoms with Crippen LogP contribution in [0, 0.1) is 0 Å². The Labute approximate surface area is 123 Å². The van der Waals surface area contributed by atoms with E-state index in [2.05, 4.69) is 24.3 Å². The van der Waals surface area contributed by atoms with Gasteiger partial charge in [-0.05, 0) is 28.8 Å². The zero-order chi connectivity index (χ0) is 14.7. The molecule has 3 aromatic carbocycles. The average molecular weight is 276 g/mol. The van der Waals surface area contributed by atoms with Crippen LogP contribution in [0.3, 0.4) is 0 Å². The van der Waals surface area contributed by atoms with Crippen molar-refractivity contribution < 1.29 is 10.2 Å². The molecule has 0 unspecified atom stereocenters. The van der Waals surface area contributed by atoms with Crippen LogP contribution in [0.5, 0.6) is 11.5 Å². The Bertz CT molecular complexity index is 661. The summed E-state index contributed by atoms with van der Waals surface area (Å²) >= 11 is 0. The molecule has 0 aliphatic heterocycles. The summed E-state index contributed by atoms with van der Waals surface area (Å²) in [6.45, 7) is 0. The highest BCUT2D eigenvalue weighted by Crippen LogP contribution is 2.35. The molecule has 104 valence electrons. The van der Waals surface area contributed by atoms with Gasteiger partial charge < -0.3 is 10.2 Å². The molecule has 3 aromatic rings. The van der Waals surface area contributed by atoms with E-state index in [4.69, 9.17) is 0 Å². The predicted molar refractivity (Wildman–Crippen MR) is 83.6 cm³/mol. The zero-order valence-electron chi connectivity index (χ0n) is 11.5. The maximum absolute atomic E-state index is 9.78. The van der Waals surface area contributed by atoms with Crippen molar-refractivity contribution in [1.29, 1.82) is 0 Å². The number of benzene rings is 3. The average Bonchev–Trinajstić information content (AvgIpc) is 2.49. The molecule has 0 bridgehead atoms. The summed E-state index contributed by atoms with van der Waals surface area (Å²) in [4.78, 5) is 0. The normalized spacial score (nSPS) is 10.7. The molecule has 0 aliphatic carbocycles. The van der Waals surface area contributed by atoms with E-state index in [9.17, 15) is 10.2 Å². The second kappa shape index (κ2) is 5.71. The van der Waals surface area contributed by atoms with Gasteiger partial charge in [-0.15, -0.1) is 0 Å². The number of hydrogen-bond acceptors (Lipinski definition) is 2. The number of rotatable bonds is 3. The molecule has 3 rings (SSSR count). The fraction of sp³-hybridized carbons (Fsp3) is 0.0526. The number of phenolic OH excluding ortho intramolecular Hbond substituents is 2. The summed E-state index contributed by atoms with van der Waals surface area (Å²) in [5.74, 6) is 0.120. The number of aromatic hydroxyl groups is 2. The van der Waals surface area contributed by atoms with Crippen LogP contribution in [0.25, 0.3) is 0 Å². The Balaban J connectivity index is 2.17. The van der Waals surface area contributed by atoms with Crippen LogP contribution in [0.1, 0.15) is 22.6 Å². The lowest BCUT2D eigenvalue weighted by molar-refractivity contribution is 0.449. The van der Waals surface area contributed by atoms with Gasteiger partial charge in [-0.3, -0.25) is 0 Å². The predicted octanol–water partition coefficient (Wildman–Crippen LogP) is 4.28. The van der Waals surface area contributed by atoms with Gasteiger partial charge in [0.15, 0.2) is 0 Å². The van der Waals surface area contributed by atoms with E-state index in [1.807, 2.05) is 36.4 Å². The minimum Gasteiger partial charge on any atom is -0.508 e. The number of hydrogen-bond donors (Lipinski definition) is 2. The maximum Gasteiger partial charge on any atom is 0.119 e. The zero-order valence-corrected chi connectivity index (χ0v) is 11.5. The first kappa shape index (κ1) is 13.3. The topological polar surface area (TPSA) is 40.5 Å². The molecule has 0 saturated carbocycles. The molecule has 2 N–H and O–H groups in total. The summed E-state index contributed by atoms with van der Waals surface area (Å²) in [5, 5.41) is 19.6. The van der Waals surface area contributed by atoms with Crippen molar-refractivity contribution in [2.75, 3.05) is 0 Å². The molecule has 0 aliphatic rings. The van der Waals surface area contributed by atoms with Gasteiger partial charge in [-0.1, -0.05) is 60.7 Å². The Morgan fingerprint density at radius 1 is 0.524 bits per heavy atom. The van der Waals surface area contributed by atoms with Crippen molar-refractivity contribution in [3.63, 3.8) is 0 Å². The smallest absolute Gasteiger partial charge is 0.119 e. The van der Waals surface area contributed by atoms with Gasteiger partial charge in [0.05, 0.1) is 0 Å². The third kappa shape index (κ3) is 2.90. The van der Waals surface area contributed by atoms with E-state index in [1.54, 1.807) is 12.1 Å². The summed E-state index contributed by atoms with van der Waals surface area (Å²) < 4.78 is 0. The largest absolute Gasteiger partial charge is 0.508 e. The maximum atomic E-state index is 9.78. The minimum atomic E-state index is -0.0228. The fourth-order valence-corrected chi connectivity index (χ4v) is 2.65. The summed E-state index contributed by atoms with van der Waals surface area (Å²) in [6, 6.07) is 24.9. The first-order chi connectivity index (χ1) is 10.2. The molecule has 0 amide bonds. The molecule has 0 heterocycles. The molecule has 0 spiro atoms. The molecule has 2 nitrogen and oxygen atoms in total. The first-order valence-corrected chi connectivity index (χ1v) is 6.87. The van der Waals surface area contributed by atoms with Crippen molar-refractivity contribution in [3.05, 3.63) is 95.6 Å². The fourth-order valence-electron chi connectivity index (χ4n) is 2.65. The van der Waals surface area contributed by atoms with Crippen LogP contribution < -0.4 is 0 Å². The van der Waals surface area contributed by atoms with Crippen molar-refractivity contribution in [1.82, 2.24) is 0 Å². The minimum absolute atomic E-state index is 0.0228.